The molecule has 6 nitrogen and oxygen atoms in total. The fourth-order valence-electron chi connectivity index (χ4n) is 1.72. The molecule has 0 fully saturated rings. The van der Waals surface area contributed by atoms with E-state index in [1.54, 1.807) is 0 Å². The van der Waals surface area contributed by atoms with Gasteiger partial charge in [0.2, 0.25) is 0 Å². The van der Waals surface area contributed by atoms with Gasteiger partial charge in [0.15, 0.2) is 0 Å². The average molecular weight is 268 g/mol. The van der Waals surface area contributed by atoms with Crippen molar-refractivity contribution >= 4 is 11.6 Å². The van der Waals surface area contributed by atoms with Gasteiger partial charge in [-0.15, -0.1) is 0 Å². The molecule has 0 bridgehead atoms. The van der Waals surface area contributed by atoms with E-state index in [1.807, 2.05) is 14.0 Å². The molecule has 0 aromatic carbocycles. The number of aryl methyl sites for hydroxylation is 1. The van der Waals surface area contributed by atoms with Crippen LogP contribution in [0.3, 0.4) is 0 Å². The van der Waals surface area contributed by atoms with Gasteiger partial charge >= 0.3 is 0 Å². The first-order valence-corrected chi connectivity index (χ1v) is 6.70. The van der Waals surface area contributed by atoms with Crippen molar-refractivity contribution < 1.29 is 9.84 Å². The molecule has 3 N–H and O–H groups in total. The summed E-state index contributed by atoms with van der Waals surface area (Å²) in [4.78, 5) is 8.99. The highest BCUT2D eigenvalue weighted by Crippen LogP contribution is 2.19. The molecule has 0 unspecified atom stereocenters. The first-order valence-electron chi connectivity index (χ1n) is 6.70. The number of nitrogens with zero attached hydrogens (tertiary/aromatic N) is 2. The molecule has 0 saturated carbocycles. The lowest BCUT2D eigenvalue weighted by molar-refractivity contribution is 0.0992. The summed E-state index contributed by atoms with van der Waals surface area (Å²) in [6, 6.07) is 0. The Morgan fingerprint density at radius 1 is 1.21 bits per heavy atom. The van der Waals surface area contributed by atoms with Crippen LogP contribution in [0.15, 0.2) is 0 Å². The summed E-state index contributed by atoms with van der Waals surface area (Å²) in [6.07, 6.45) is 1.88. The maximum Gasteiger partial charge on any atom is 0.134 e. The van der Waals surface area contributed by atoms with Crippen LogP contribution in [-0.4, -0.2) is 48.5 Å². The first-order chi connectivity index (χ1) is 9.22. The van der Waals surface area contributed by atoms with Gasteiger partial charge in [-0.1, -0.05) is 6.92 Å². The van der Waals surface area contributed by atoms with Gasteiger partial charge in [-0.25, -0.2) is 9.97 Å². The minimum atomic E-state index is 0.0527. The van der Waals surface area contributed by atoms with E-state index in [1.165, 1.54) is 0 Å². The summed E-state index contributed by atoms with van der Waals surface area (Å²) >= 11 is 0. The molecule has 0 aliphatic heterocycles. The van der Waals surface area contributed by atoms with Crippen molar-refractivity contribution in [2.24, 2.45) is 0 Å². The lowest BCUT2D eigenvalue weighted by Gasteiger charge is -2.13. The van der Waals surface area contributed by atoms with Crippen LogP contribution in [0.4, 0.5) is 11.6 Å². The number of aliphatic hydroxyl groups excluding tert-OH is 1. The molecule has 6 heteroatoms. The number of rotatable bonds is 9. The molecule has 0 atom stereocenters. The van der Waals surface area contributed by atoms with Gasteiger partial charge in [0, 0.05) is 25.6 Å². The maximum atomic E-state index is 8.62. The third-order valence-electron chi connectivity index (χ3n) is 2.68. The predicted octanol–water partition coefficient (Wildman–Crippen LogP) is 1.20. The molecule has 1 rings (SSSR count). The molecule has 1 heterocycles. The van der Waals surface area contributed by atoms with E-state index < -0.39 is 0 Å². The van der Waals surface area contributed by atoms with Gasteiger partial charge in [-0.05, 0) is 13.3 Å². The zero-order valence-corrected chi connectivity index (χ0v) is 12.0. The number of anilines is 2. The largest absolute Gasteiger partial charge is 0.394 e. The normalized spacial score (nSPS) is 10.5. The second kappa shape index (κ2) is 8.66. The smallest absolute Gasteiger partial charge is 0.134 e. The Kier molecular flexibility index (Phi) is 7.14. The van der Waals surface area contributed by atoms with Crippen molar-refractivity contribution in [2.75, 3.05) is 44.0 Å². The van der Waals surface area contributed by atoms with Crippen molar-refractivity contribution in [1.82, 2.24) is 9.97 Å². The Hall–Kier alpha value is -1.40. The summed E-state index contributed by atoms with van der Waals surface area (Å²) < 4.78 is 5.21. The molecule has 0 aliphatic rings. The maximum absolute atomic E-state index is 8.62. The van der Waals surface area contributed by atoms with Crippen molar-refractivity contribution in [3.63, 3.8) is 0 Å². The third-order valence-corrected chi connectivity index (χ3v) is 2.68. The van der Waals surface area contributed by atoms with Gasteiger partial charge in [-0.2, -0.15) is 0 Å². The van der Waals surface area contributed by atoms with Crippen molar-refractivity contribution in [3.05, 3.63) is 11.4 Å². The van der Waals surface area contributed by atoms with Crippen LogP contribution in [0.25, 0.3) is 0 Å². The molecule has 1 aromatic rings. The average Bonchev–Trinajstić information content (AvgIpc) is 2.41. The zero-order valence-electron chi connectivity index (χ0n) is 12.0. The number of aromatic nitrogens is 2. The third kappa shape index (κ3) is 5.00. The van der Waals surface area contributed by atoms with Crippen molar-refractivity contribution in [2.45, 2.75) is 26.7 Å². The highest BCUT2D eigenvalue weighted by atomic mass is 16.5. The quantitative estimate of drug-likeness (QED) is 0.584. The molecule has 1 aromatic heterocycles. The predicted molar refractivity (Wildman–Crippen MR) is 76.7 cm³/mol. The summed E-state index contributed by atoms with van der Waals surface area (Å²) in [5.74, 6) is 2.55. The lowest BCUT2D eigenvalue weighted by Crippen LogP contribution is -2.15. The summed E-state index contributed by atoms with van der Waals surface area (Å²) in [5, 5.41) is 15.0. The number of aliphatic hydroxyl groups is 1. The molecule has 0 saturated heterocycles. The fourth-order valence-corrected chi connectivity index (χ4v) is 1.72. The molecule has 19 heavy (non-hydrogen) atoms. The van der Waals surface area contributed by atoms with E-state index >= 15 is 0 Å². The summed E-state index contributed by atoms with van der Waals surface area (Å²) in [5.41, 5.74) is 1.00. The Labute approximate surface area is 114 Å². The van der Waals surface area contributed by atoms with E-state index in [-0.39, 0.29) is 6.61 Å². The number of ether oxygens (including phenoxy) is 1. The van der Waals surface area contributed by atoms with Crippen molar-refractivity contribution in [3.8, 4) is 0 Å². The van der Waals surface area contributed by atoms with Crippen LogP contribution in [0, 0.1) is 6.92 Å². The topological polar surface area (TPSA) is 79.3 Å². The van der Waals surface area contributed by atoms with Gasteiger partial charge in [-0.3, -0.25) is 0 Å². The van der Waals surface area contributed by atoms with E-state index in [2.05, 4.69) is 27.5 Å². The molecule has 108 valence electrons. The van der Waals surface area contributed by atoms with E-state index in [0.29, 0.717) is 19.8 Å². The Morgan fingerprint density at radius 2 is 1.95 bits per heavy atom. The van der Waals surface area contributed by atoms with Crippen LogP contribution < -0.4 is 10.6 Å². The summed E-state index contributed by atoms with van der Waals surface area (Å²) in [7, 11) is 1.86. The minimum absolute atomic E-state index is 0.0527. The monoisotopic (exact) mass is 268 g/mol. The van der Waals surface area contributed by atoms with Crippen molar-refractivity contribution in [1.29, 1.82) is 0 Å². The van der Waals surface area contributed by atoms with Crippen LogP contribution in [0.2, 0.25) is 0 Å². The Balaban J connectivity index is 2.66. The number of hydrogen-bond donors (Lipinski definition) is 3. The van der Waals surface area contributed by atoms with E-state index in [0.717, 1.165) is 35.9 Å². The SMILES string of the molecule is CCCc1nc(NC)c(C)c(NCCOCCO)n1. The minimum Gasteiger partial charge on any atom is -0.394 e. The molecule has 0 aliphatic carbocycles. The van der Waals surface area contributed by atoms with Gasteiger partial charge in [0.25, 0.3) is 0 Å². The molecular formula is C13H24N4O2. The highest BCUT2D eigenvalue weighted by Gasteiger charge is 2.09. The standard InChI is InChI=1S/C13H24N4O2/c1-4-5-11-16-12(14-3)10(2)13(17-11)15-6-8-19-9-7-18/h18H,4-9H2,1-3H3,(H2,14,15,16,17). The van der Waals surface area contributed by atoms with Crippen LogP contribution in [-0.2, 0) is 11.2 Å². The van der Waals surface area contributed by atoms with Gasteiger partial charge in [0.1, 0.15) is 17.5 Å². The van der Waals surface area contributed by atoms with Gasteiger partial charge < -0.3 is 20.5 Å². The second-order valence-electron chi connectivity index (χ2n) is 4.22. The highest BCUT2D eigenvalue weighted by molar-refractivity contribution is 5.56. The van der Waals surface area contributed by atoms with Crippen LogP contribution in [0.1, 0.15) is 24.7 Å². The Morgan fingerprint density at radius 3 is 2.58 bits per heavy atom. The zero-order chi connectivity index (χ0) is 14.1. The van der Waals surface area contributed by atoms with Crippen LogP contribution in [0.5, 0.6) is 0 Å². The number of nitrogens with one attached hydrogen (secondary N) is 2. The second-order valence-corrected chi connectivity index (χ2v) is 4.22. The van der Waals surface area contributed by atoms with E-state index in [4.69, 9.17) is 9.84 Å². The Bertz CT molecular complexity index is 385. The van der Waals surface area contributed by atoms with Gasteiger partial charge in [0.05, 0.1) is 19.8 Å². The molecule has 0 amide bonds. The molecule has 0 radical (unpaired) electrons. The molecule has 0 spiro atoms. The lowest BCUT2D eigenvalue weighted by atomic mass is 10.2. The molecular weight excluding hydrogens is 244 g/mol. The van der Waals surface area contributed by atoms with E-state index in [9.17, 15) is 0 Å². The summed E-state index contributed by atoms with van der Waals surface area (Å²) in [6.45, 7) is 5.72. The first kappa shape index (κ1) is 15.7. The van der Waals surface area contributed by atoms with Crippen LogP contribution >= 0.6 is 0 Å². The fraction of sp³-hybridized carbons (Fsp3) is 0.692. The number of hydrogen-bond acceptors (Lipinski definition) is 6.